The number of nitrogens with zero attached hydrogens (tertiary/aromatic N) is 3. The zero-order valence-electron chi connectivity index (χ0n) is 8.79. The molecule has 0 radical (unpaired) electrons. The fourth-order valence-corrected chi connectivity index (χ4v) is 1.70. The molecule has 1 saturated heterocycles. The van der Waals surface area contributed by atoms with E-state index in [1.807, 2.05) is 0 Å². The summed E-state index contributed by atoms with van der Waals surface area (Å²) in [5.41, 5.74) is 5.81. The van der Waals surface area contributed by atoms with Crippen molar-refractivity contribution in [2.45, 2.75) is 6.04 Å². The zero-order valence-corrected chi connectivity index (χ0v) is 8.79. The summed E-state index contributed by atoms with van der Waals surface area (Å²) in [6.07, 6.45) is 1.33. The molecule has 0 atom stereocenters. The first-order valence-electron chi connectivity index (χ1n) is 4.84. The summed E-state index contributed by atoms with van der Waals surface area (Å²) in [6.45, 7) is 1.02. The Morgan fingerprint density at radius 1 is 1.62 bits per heavy atom. The van der Waals surface area contributed by atoms with E-state index in [2.05, 4.69) is 0 Å². The first-order valence-corrected chi connectivity index (χ1v) is 4.84. The van der Waals surface area contributed by atoms with Crippen LogP contribution in [0.5, 0.6) is 0 Å². The summed E-state index contributed by atoms with van der Waals surface area (Å²) >= 11 is 0. The molecule has 0 spiro atoms. The Kier molecular flexibility index (Phi) is 2.39. The fourth-order valence-electron chi connectivity index (χ4n) is 1.70. The smallest absolute Gasteiger partial charge is 0.287 e. The fraction of sp³-hybridized carbons (Fsp3) is 0.444. The van der Waals surface area contributed by atoms with Crippen molar-refractivity contribution in [3.05, 3.63) is 28.1 Å². The van der Waals surface area contributed by atoms with Crippen LogP contribution in [0.4, 0.5) is 5.69 Å². The van der Waals surface area contributed by atoms with E-state index in [9.17, 15) is 14.9 Å². The SMILES string of the molecule is Cn1cc([N+](=O)[O-])cc1C(=O)N1CC(N)C1. The van der Waals surface area contributed by atoms with Crippen LogP contribution in [0.3, 0.4) is 0 Å². The van der Waals surface area contributed by atoms with Gasteiger partial charge in [0.2, 0.25) is 0 Å². The van der Waals surface area contributed by atoms with E-state index >= 15 is 0 Å². The number of nitrogens with two attached hydrogens (primary N) is 1. The number of carbonyl (C=O) groups is 1. The molecule has 1 fully saturated rings. The van der Waals surface area contributed by atoms with Gasteiger partial charge in [0.25, 0.3) is 11.6 Å². The van der Waals surface area contributed by atoms with Gasteiger partial charge in [0.15, 0.2) is 0 Å². The van der Waals surface area contributed by atoms with Crippen LogP contribution in [-0.4, -0.2) is 39.4 Å². The zero-order chi connectivity index (χ0) is 11.9. The number of hydrogen-bond donors (Lipinski definition) is 1. The number of carbonyl (C=O) groups excluding carboxylic acids is 1. The maximum absolute atomic E-state index is 11.9. The molecule has 0 bridgehead atoms. The van der Waals surface area contributed by atoms with Gasteiger partial charge in [-0.1, -0.05) is 0 Å². The Morgan fingerprint density at radius 2 is 2.25 bits per heavy atom. The van der Waals surface area contributed by atoms with Crippen LogP contribution in [0.25, 0.3) is 0 Å². The molecule has 16 heavy (non-hydrogen) atoms. The minimum absolute atomic E-state index is 0.0270. The van der Waals surface area contributed by atoms with Crippen molar-refractivity contribution in [1.29, 1.82) is 0 Å². The highest BCUT2D eigenvalue weighted by Crippen LogP contribution is 2.18. The largest absolute Gasteiger partial charge is 0.340 e. The third-order valence-corrected chi connectivity index (χ3v) is 2.62. The van der Waals surface area contributed by atoms with Crippen molar-refractivity contribution in [2.75, 3.05) is 13.1 Å². The molecular weight excluding hydrogens is 212 g/mol. The van der Waals surface area contributed by atoms with Gasteiger partial charge in [-0.15, -0.1) is 0 Å². The number of rotatable bonds is 2. The molecule has 2 heterocycles. The summed E-state index contributed by atoms with van der Waals surface area (Å²) in [5.74, 6) is -0.211. The molecule has 1 amide bonds. The summed E-state index contributed by atoms with van der Waals surface area (Å²) in [5, 5.41) is 10.5. The molecule has 0 aromatic carbocycles. The topological polar surface area (TPSA) is 94.4 Å². The van der Waals surface area contributed by atoms with Crippen molar-refractivity contribution >= 4 is 11.6 Å². The van der Waals surface area contributed by atoms with Crippen LogP contribution >= 0.6 is 0 Å². The quantitative estimate of drug-likeness (QED) is 0.552. The van der Waals surface area contributed by atoms with E-state index in [1.54, 1.807) is 11.9 Å². The van der Waals surface area contributed by atoms with Crippen LogP contribution in [0, 0.1) is 10.1 Å². The molecular formula is C9H12N4O3. The Bertz CT molecular complexity index is 448. The first kappa shape index (κ1) is 10.6. The lowest BCUT2D eigenvalue weighted by Gasteiger charge is -2.36. The molecule has 1 aliphatic heterocycles. The average molecular weight is 224 g/mol. The lowest BCUT2D eigenvalue weighted by molar-refractivity contribution is -0.384. The number of hydrogen-bond acceptors (Lipinski definition) is 4. The van der Waals surface area contributed by atoms with Crippen molar-refractivity contribution in [2.24, 2.45) is 12.8 Å². The van der Waals surface area contributed by atoms with E-state index in [0.29, 0.717) is 18.8 Å². The van der Waals surface area contributed by atoms with Gasteiger partial charge >= 0.3 is 0 Å². The Hall–Kier alpha value is -1.89. The summed E-state index contributed by atoms with van der Waals surface area (Å²) in [4.78, 5) is 23.5. The average Bonchev–Trinajstić information content (AvgIpc) is 2.55. The van der Waals surface area contributed by atoms with Gasteiger partial charge in [0.1, 0.15) is 5.69 Å². The van der Waals surface area contributed by atoms with Crippen molar-refractivity contribution in [1.82, 2.24) is 9.47 Å². The van der Waals surface area contributed by atoms with Gasteiger partial charge in [-0.2, -0.15) is 0 Å². The number of nitro groups is 1. The van der Waals surface area contributed by atoms with E-state index < -0.39 is 4.92 Å². The predicted molar refractivity (Wildman–Crippen MR) is 55.9 cm³/mol. The van der Waals surface area contributed by atoms with Crippen molar-refractivity contribution in [3.8, 4) is 0 Å². The highest BCUT2D eigenvalue weighted by Gasteiger charge is 2.30. The second kappa shape index (κ2) is 3.60. The van der Waals surface area contributed by atoms with Crippen LogP contribution in [0.15, 0.2) is 12.3 Å². The standard InChI is InChI=1S/C9H12N4O3/c1-11-5-7(13(15)16)2-8(11)9(14)12-3-6(10)4-12/h2,5-6H,3-4,10H2,1H3. The van der Waals surface area contributed by atoms with Gasteiger partial charge in [-0.3, -0.25) is 14.9 Å². The maximum Gasteiger partial charge on any atom is 0.287 e. The van der Waals surface area contributed by atoms with Crippen molar-refractivity contribution in [3.63, 3.8) is 0 Å². The summed E-state index contributed by atoms with van der Waals surface area (Å²) in [6, 6.07) is 1.31. The normalized spacial score (nSPS) is 16.0. The number of likely N-dealkylation sites (tertiary alicyclic amines) is 1. The lowest BCUT2D eigenvalue weighted by atomic mass is 10.1. The molecule has 7 heteroatoms. The van der Waals surface area contributed by atoms with Crippen LogP contribution < -0.4 is 5.73 Å². The molecule has 7 nitrogen and oxygen atoms in total. The molecule has 0 saturated carbocycles. The van der Waals surface area contributed by atoms with Crippen molar-refractivity contribution < 1.29 is 9.72 Å². The van der Waals surface area contributed by atoms with E-state index in [4.69, 9.17) is 5.73 Å². The molecule has 2 rings (SSSR count). The highest BCUT2D eigenvalue weighted by molar-refractivity contribution is 5.94. The Balaban J connectivity index is 2.20. The molecule has 0 unspecified atom stereocenters. The predicted octanol–water partition coefficient (Wildman–Crippen LogP) is -0.284. The number of amides is 1. The van der Waals surface area contributed by atoms with Crippen LogP contribution in [-0.2, 0) is 7.05 Å². The Labute approximate surface area is 91.6 Å². The third kappa shape index (κ3) is 1.65. The molecule has 1 aliphatic rings. The second-order valence-corrected chi connectivity index (χ2v) is 3.92. The summed E-state index contributed by atoms with van der Waals surface area (Å²) < 4.78 is 1.46. The second-order valence-electron chi connectivity index (χ2n) is 3.92. The molecule has 2 N–H and O–H groups in total. The Morgan fingerprint density at radius 3 is 2.69 bits per heavy atom. The molecule has 1 aromatic rings. The monoisotopic (exact) mass is 224 g/mol. The highest BCUT2D eigenvalue weighted by atomic mass is 16.6. The first-order chi connectivity index (χ1) is 7.49. The number of aromatic nitrogens is 1. The molecule has 86 valence electrons. The van der Waals surface area contributed by atoms with Gasteiger partial charge in [0.05, 0.1) is 11.1 Å². The minimum Gasteiger partial charge on any atom is -0.340 e. The van der Waals surface area contributed by atoms with Gasteiger partial charge in [-0.05, 0) is 0 Å². The lowest BCUT2D eigenvalue weighted by Crippen LogP contribution is -2.58. The van der Waals surface area contributed by atoms with Crippen LogP contribution in [0.2, 0.25) is 0 Å². The van der Waals surface area contributed by atoms with E-state index in [-0.39, 0.29) is 17.6 Å². The summed E-state index contributed by atoms with van der Waals surface area (Å²) in [7, 11) is 1.61. The van der Waals surface area contributed by atoms with Gasteiger partial charge in [0, 0.05) is 32.2 Å². The third-order valence-electron chi connectivity index (χ3n) is 2.62. The maximum atomic E-state index is 11.9. The molecule has 1 aromatic heterocycles. The van der Waals surface area contributed by atoms with Gasteiger partial charge < -0.3 is 15.2 Å². The van der Waals surface area contributed by atoms with Crippen LogP contribution in [0.1, 0.15) is 10.5 Å². The van der Waals surface area contributed by atoms with E-state index in [1.165, 1.54) is 16.8 Å². The number of aryl methyl sites for hydroxylation is 1. The molecule has 0 aliphatic carbocycles. The van der Waals surface area contributed by atoms with E-state index in [0.717, 1.165) is 0 Å². The van der Waals surface area contributed by atoms with Gasteiger partial charge in [-0.25, -0.2) is 0 Å². The minimum atomic E-state index is -0.515.